The smallest absolute Gasteiger partial charge is 0.271 e. The molecule has 20 heavy (non-hydrogen) atoms. The first-order valence-corrected chi connectivity index (χ1v) is 6.90. The lowest BCUT2D eigenvalue weighted by atomic mass is 10.3. The molecule has 0 spiro atoms. The number of carbonyl (C=O) groups excluding carboxylic acids is 1. The molecule has 0 aliphatic carbocycles. The average Bonchev–Trinajstić information content (AvgIpc) is 2.89. The molecule has 2 heterocycles. The van der Waals surface area contributed by atoms with Gasteiger partial charge in [0.1, 0.15) is 5.69 Å². The van der Waals surface area contributed by atoms with Crippen LogP contribution in [0.25, 0.3) is 0 Å². The van der Waals surface area contributed by atoms with Crippen molar-refractivity contribution in [2.24, 2.45) is 7.05 Å². The summed E-state index contributed by atoms with van der Waals surface area (Å²) < 4.78 is 3.22. The average molecular weight is 316 g/mol. The second-order valence-electron chi connectivity index (χ2n) is 4.40. The molecular weight excluding hydrogens is 301 g/mol. The predicted octanol–water partition coefficient (Wildman–Crippen LogP) is 2.05. The van der Waals surface area contributed by atoms with Crippen molar-refractivity contribution in [2.75, 3.05) is 6.54 Å². The van der Waals surface area contributed by atoms with E-state index in [1.807, 2.05) is 6.92 Å². The number of halogens is 2. The fraction of sp³-hybridized carbons (Fsp3) is 0.417. The Kier molecular flexibility index (Phi) is 4.67. The second-order valence-corrected chi connectivity index (χ2v) is 5.21. The number of rotatable bonds is 5. The number of hydrogen-bond donors (Lipinski definition) is 1. The van der Waals surface area contributed by atoms with E-state index in [9.17, 15) is 4.79 Å². The van der Waals surface area contributed by atoms with Gasteiger partial charge in [0.25, 0.3) is 5.91 Å². The van der Waals surface area contributed by atoms with Gasteiger partial charge in [0.2, 0.25) is 0 Å². The molecule has 6 nitrogen and oxygen atoms in total. The molecule has 0 radical (unpaired) electrons. The fourth-order valence-electron chi connectivity index (χ4n) is 1.80. The highest BCUT2D eigenvalue weighted by atomic mass is 35.5. The Hall–Kier alpha value is -1.53. The maximum atomic E-state index is 11.9. The lowest BCUT2D eigenvalue weighted by Crippen LogP contribution is -2.27. The van der Waals surface area contributed by atoms with Crippen LogP contribution in [0.4, 0.5) is 0 Å². The molecule has 0 atom stereocenters. The third kappa shape index (κ3) is 3.32. The summed E-state index contributed by atoms with van der Waals surface area (Å²) in [5.74, 6) is -0.232. The number of carbonyl (C=O) groups is 1. The number of nitrogens with one attached hydrogen (secondary N) is 1. The normalized spacial score (nSPS) is 10.8. The van der Waals surface area contributed by atoms with Gasteiger partial charge in [0.05, 0.1) is 21.9 Å². The van der Waals surface area contributed by atoms with Crippen LogP contribution in [0.3, 0.4) is 0 Å². The van der Waals surface area contributed by atoms with E-state index in [-0.39, 0.29) is 5.91 Å². The van der Waals surface area contributed by atoms with Crippen LogP contribution in [0, 0.1) is 6.92 Å². The minimum Gasteiger partial charge on any atom is -0.351 e. The van der Waals surface area contributed by atoms with Gasteiger partial charge in [-0.1, -0.05) is 23.2 Å². The van der Waals surface area contributed by atoms with E-state index >= 15 is 0 Å². The van der Waals surface area contributed by atoms with Crippen molar-refractivity contribution in [3.8, 4) is 0 Å². The molecule has 0 fully saturated rings. The Morgan fingerprint density at radius 2 is 2.15 bits per heavy atom. The van der Waals surface area contributed by atoms with Crippen LogP contribution in [0.2, 0.25) is 10.0 Å². The minimum atomic E-state index is -0.232. The summed E-state index contributed by atoms with van der Waals surface area (Å²) in [4.78, 5) is 11.9. The van der Waals surface area contributed by atoms with Gasteiger partial charge in [-0.3, -0.25) is 14.2 Å². The van der Waals surface area contributed by atoms with E-state index in [1.54, 1.807) is 17.9 Å². The Morgan fingerprint density at radius 3 is 2.70 bits per heavy atom. The Morgan fingerprint density at radius 1 is 1.40 bits per heavy atom. The highest BCUT2D eigenvalue weighted by Gasteiger charge is 2.14. The summed E-state index contributed by atoms with van der Waals surface area (Å²) in [6.45, 7) is 3.06. The zero-order valence-corrected chi connectivity index (χ0v) is 12.7. The van der Waals surface area contributed by atoms with Crippen molar-refractivity contribution in [3.05, 3.63) is 33.8 Å². The summed E-state index contributed by atoms with van der Waals surface area (Å²) in [7, 11) is 1.68. The third-order valence-corrected chi connectivity index (χ3v) is 3.49. The van der Waals surface area contributed by atoms with Gasteiger partial charge in [-0.15, -0.1) is 0 Å². The fourth-order valence-corrected chi connectivity index (χ4v) is 2.20. The first kappa shape index (κ1) is 14.9. The SMILES string of the molecule is Cc1nn(CCCNC(=O)c2c(Cl)cnn2C)cc1Cl. The lowest BCUT2D eigenvalue weighted by molar-refractivity contribution is 0.0943. The zero-order valence-electron chi connectivity index (χ0n) is 11.2. The molecule has 2 aromatic heterocycles. The van der Waals surface area contributed by atoms with Crippen LogP contribution in [-0.4, -0.2) is 32.0 Å². The van der Waals surface area contributed by atoms with Gasteiger partial charge in [0, 0.05) is 26.3 Å². The van der Waals surface area contributed by atoms with Crippen LogP contribution in [-0.2, 0) is 13.6 Å². The van der Waals surface area contributed by atoms with Crippen molar-refractivity contribution in [3.63, 3.8) is 0 Å². The highest BCUT2D eigenvalue weighted by molar-refractivity contribution is 6.33. The number of nitrogens with zero attached hydrogens (tertiary/aromatic N) is 4. The van der Waals surface area contributed by atoms with Crippen molar-refractivity contribution >= 4 is 29.1 Å². The largest absolute Gasteiger partial charge is 0.351 e. The van der Waals surface area contributed by atoms with E-state index in [2.05, 4.69) is 15.5 Å². The van der Waals surface area contributed by atoms with Gasteiger partial charge in [-0.25, -0.2) is 0 Å². The van der Waals surface area contributed by atoms with Crippen molar-refractivity contribution in [1.82, 2.24) is 24.9 Å². The molecule has 0 aliphatic heterocycles. The van der Waals surface area contributed by atoms with E-state index in [4.69, 9.17) is 23.2 Å². The Balaban J connectivity index is 1.80. The van der Waals surface area contributed by atoms with Crippen LogP contribution in [0.5, 0.6) is 0 Å². The summed E-state index contributed by atoms with van der Waals surface area (Å²) in [5, 5.41) is 12.0. The monoisotopic (exact) mass is 315 g/mol. The molecule has 0 unspecified atom stereocenters. The molecule has 1 amide bonds. The van der Waals surface area contributed by atoms with Gasteiger partial charge in [-0.2, -0.15) is 10.2 Å². The van der Waals surface area contributed by atoms with E-state index < -0.39 is 0 Å². The van der Waals surface area contributed by atoms with Crippen LogP contribution in [0.15, 0.2) is 12.4 Å². The topological polar surface area (TPSA) is 64.7 Å². The highest BCUT2D eigenvalue weighted by Crippen LogP contribution is 2.14. The lowest BCUT2D eigenvalue weighted by Gasteiger charge is -2.06. The zero-order chi connectivity index (χ0) is 14.7. The molecule has 0 saturated carbocycles. The second kappa shape index (κ2) is 6.28. The van der Waals surface area contributed by atoms with Crippen molar-refractivity contribution < 1.29 is 4.79 Å². The number of amides is 1. The number of aromatic nitrogens is 4. The number of aryl methyl sites for hydroxylation is 3. The van der Waals surface area contributed by atoms with E-state index in [0.717, 1.165) is 12.1 Å². The Labute approximate surface area is 126 Å². The molecule has 0 aliphatic rings. The van der Waals surface area contributed by atoms with Gasteiger partial charge >= 0.3 is 0 Å². The maximum Gasteiger partial charge on any atom is 0.271 e. The van der Waals surface area contributed by atoms with E-state index in [0.29, 0.717) is 28.8 Å². The van der Waals surface area contributed by atoms with Crippen LogP contribution < -0.4 is 5.32 Å². The third-order valence-electron chi connectivity index (χ3n) is 2.85. The number of hydrogen-bond acceptors (Lipinski definition) is 3. The van der Waals surface area contributed by atoms with Gasteiger partial charge in [-0.05, 0) is 13.3 Å². The van der Waals surface area contributed by atoms with Crippen molar-refractivity contribution in [1.29, 1.82) is 0 Å². The van der Waals surface area contributed by atoms with Crippen molar-refractivity contribution in [2.45, 2.75) is 19.9 Å². The summed E-state index contributed by atoms with van der Waals surface area (Å²) in [6, 6.07) is 0. The molecule has 2 aromatic rings. The molecular formula is C12H15Cl2N5O. The van der Waals surface area contributed by atoms with Crippen LogP contribution >= 0.6 is 23.2 Å². The Bertz CT molecular complexity index is 580. The molecule has 2 rings (SSSR count). The summed E-state index contributed by atoms with van der Waals surface area (Å²) >= 11 is 11.8. The summed E-state index contributed by atoms with van der Waals surface area (Å²) in [6.07, 6.45) is 3.97. The first-order chi connectivity index (χ1) is 9.49. The molecule has 108 valence electrons. The minimum absolute atomic E-state index is 0.232. The predicted molar refractivity (Wildman–Crippen MR) is 77.1 cm³/mol. The first-order valence-electron chi connectivity index (χ1n) is 6.14. The molecule has 0 saturated heterocycles. The molecule has 0 bridgehead atoms. The van der Waals surface area contributed by atoms with Crippen LogP contribution in [0.1, 0.15) is 22.6 Å². The molecule has 1 N–H and O–H groups in total. The summed E-state index contributed by atoms with van der Waals surface area (Å²) in [5.41, 5.74) is 1.17. The maximum absolute atomic E-state index is 11.9. The van der Waals surface area contributed by atoms with Gasteiger partial charge < -0.3 is 5.32 Å². The molecule has 8 heteroatoms. The van der Waals surface area contributed by atoms with Gasteiger partial charge in [0.15, 0.2) is 0 Å². The molecule has 0 aromatic carbocycles. The quantitative estimate of drug-likeness (QED) is 0.859. The standard InChI is InChI=1S/C12H15Cl2N5O/c1-8-10(14)7-19(17-8)5-3-4-15-12(20)11-9(13)6-16-18(11)2/h6-7H,3-5H2,1-2H3,(H,15,20). The van der Waals surface area contributed by atoms with E-state index in [1.165, 1.54) is 10.9 Å².